The van der Waals surface area contributed by atoms with E-state index in [1.807, 2.05) is 6.92 Å². The number of aliphatic hydroxyl groups excluding tert-OH is 2. The summed E-state index contributed by atoms with van der Waals surface area (Å²) in [5, 5.41) is 47.1. The molecule has 0 aliphatic heterocycles. The molecule has 4 N–H and O–H groups in total. The number of rotatable bonds is 10. The number of ketones is 5. The maximum atomic E-state index is 14.9. The summed E-state index contributed by atoms with van der Waals surface area (Å²) < 4.78 is 0. The number of carbonyl (C=O) groups is 5. The van der Waals surface area contributed by atoms with Gasteiger partial charge in [-0.15, -0.1) is 0 Å². The van der Waals surface area contributed by atoms with Gasteiger partial charge in [-0.3, -0.25) is 24.0 Å². The topological polar surface area (TPSA) is 166 Å². The van der Waals surface area contributed by atoms with Crippen molar-refractivity contribution >= 4 is 34.7 Å². The van der Waals surface area contributed by atoms with Crippen molar-refractivity contribution in [2.45, 2.75) is 98.5 Å². The van der Waals surface area contributed by atoms with Crippen molar-refractivity contribution in [1.29, 1.82) is 0 Å². The third-order valence-electron chi connectivity index (χ3n) is 10.7. The summed E-state index contributed by atoms with van der Waals surface area (Å²) in [6.07, 6.45) is 2.15. The van der Waals surface area contributed by atoms with Gasteiger partial charge in [0.2, 0.25) is 5.78 Å². The maximum Gasteiger partial charge on any atom is 0.203 e. The van der Waals surface area contributed by atoms with Gasteiger partial charge in [0.25, 0.3) is 0 Å². The Bertz CT molecular complexity index is 1510. The van der Waals surface area contributed by atoms with E-state index in [0.29, 0.717) is 18.4 Å². The van der Waals surface area contributed by atoms with Crippen LogP contribution in [0.5, 0.6) is 5.75 Å². The van der Waals surface area contributed by atoms with Crippen molar-refractivity contribution in [1.82, 2.24) is 0 Å². The average Bonchev–Trinajstić information content (AvgIpc) is 2.90. The monoisotopic (exact) mass is 608 g/mol. The minimum absolute atomic E-state index is 0.0263. The maximum absolute atomic E-state index is 14.9. The first-order chi connectivity index (χ1) is 20.4. The van der Waals surface area contributed by atoms with Crippen molar-refractivity contribution < 1.29 is 44.4 Å². The van der Waals surface area contributed by atoms with Crippen molar-refractivity contribution in [2.75, 3.05) is 0 Å². The summed E-state index contributed by atoms with van der Waals surface area (Å²) in [6, 6.07) is 4.76. The van der Waals surface area contributed by atoms with Crippen LogP contribution in [0.25, 0.3) is 5.76 Å². The van der Waals surface area contributed by atoms with Crippen LogP contribution in [-0.4, -0.2) is 54.9 Å². The molecule has 3 aliphatic carbocycles. The van der Waals surface area contributed by atoms with Crippen molar-refractivity contribution in [3.63, 3.8) is 0 Å². The molecular weight excluding hydrogens is 564 g/mol. The van der Waals surface area contributed by atoms with Gasteiger partial charge in [0.15, 0.2) is 17.2 Å². The third-order valence-corrected chi connectivity index (χ3v) is 10.7. The summed E-state index contributed by atoms with van der Waals surface area (Å²) in [4.78, 5) is 67.4. The molecule has 0 amide bonds. The molecule has 6 atom stereocenters. The predicted octanol–water partition coefficient (Wildman–Crippen LogP) is 5.48. The summed E-state index contributed by atoms with van der Waals surface area (Å²) in [6.45, 7) is 11.0. The molecule has 238 valence electrons. The molecule has 9 nitrogen and oxygen atoms in total. The van der Waals surface area contributed by atoms with Gasteiger partial charge in [0.1, 0.15) is 34.4 Å². The number of aromatic hydroxyl groups is 1. The standard InChI is InChI=1S/C35H44O9/c1-8-9-10-13-22-21-12-11-14-23(39)26(21)30(41)28-32(43)35(44)31(42)25(19(5)37)29(40)27(17(2)3)34(35,7)24(33(22,28)6)16-20(38)15-18(4)36/h11-12,14,17,22,24,27,39,41-42,44H,8-10,13,15-16H2,1-7H3/t22?,24-,27?,33-,34-,35+/m1/s1. The number of hydrogen-bond acceptors (Lipinski definition) is 9. The first-order valence-corrected chi connectivity index (χ1v) is 15.5. The number of phenols is 1. The van der Waals surface area contributed by atoms with E-state index >= 15 is 0 Å². The highest BCUT2D eigenvalue weighted by atomic mass is 16.3. The van der Waals surface area contributed by atoms with E-state index in [-0.39, 0.29) is 29.1 Å². The molecule has 1 fully saturated rings. The summed E-state index contributed by atoms with van der Waals surface area (Å²) >= 11 is 0. The van der Waals surface area contributed by atoms with Crippen LogP contribution in [0, 0.1) is 28.6 Å². The van der Waals surface area contributed by atoms with Gasteiger partial charge in [-0.25, -0.2) is 0 Å². The molecule has 9 heteroatoms. The number of allylic oxidation sites excluding steroid dienone is 1. The number of fused-ring (bicyclic) bond motifs is 3. The molecule has 0 bridgehead atoms. The number of Topliss-reactive ketones (excluding diaryl/α,β-unsaturated/α-hetero) is 5. The van der Waals surface area contributed by atoms with Gasteiger partial charge in [0.05, 0.1) is 12.0 Å². The second kappa shape index (κ2) is 11.4. The predicted molar refractivity (Wildman–Crippen MR) is 163 cm³/mol. The summed E-state index contributed by atoms with van der Waals surface area (Å²) in [5.74, 6) is -8.87. The van der Waals surface area contributed by atoms with Crippen LogP contribution in [-0.2, 0) is 24.0 Å². The Labute approximate surface area is 258 Å². The normalized spacial score (nSPS) is 31.5. The highest BCUT2D eigenvalue weighted by Gasteiger charge is 2.77. The molecule has 1 aromatic rings. The summed E-state index contributed by atoms with van der Waals surface area (Å²) in [5.41, 5.74) is -6.50. The molecule has 2 unspecified atom stereocenters. The van der Waals surface area contributed by atoms with Crippen LogP contribution in [0.1, 0.15) is 104 Å². The smallest absolute Gasteiger partial charge is 0.203 e. The Morgan fingerprint density at radius 2 is 1.64 bits per heavy atom. The Hall–Kier alpha value is -3.59. The number of unbranched alkanes of at least 4 members (excludes halogenated alkanes) is 2. The largest absolute Gasteiger partial charge is 0.508 e. The van der Waals surface area contributed by atoms with Crippen LogP contribution in [0.2, 0.25) is 0 Å². The Kier molecular flexibility index (Phi) is 8.63. The second-order valence-electron chi connectivity index (χ2n) is 13.7. The lowest BCUT2D eigenvalue weighted by Crippen LogP contribution is -2.73. The van der Waals surface area contributed by atoms with E-state index in [2.05, 4.69) is 0 Å². The van der Waals surface area contributed by atoms with Crippen LogP contribution < -0.4 is 0 Å². The lowest BCUT2D eigenvalue weighted by molar-refractivity contribution is -0.200. The molecule has 44 heavy (non-hydrogen) atoms. The quantitative estimate of drug-likeness (QED) is 0.153. The van der Waals surface area contributed by atoms with Gasteiger partial charge in [0, 0.05) is 28.7 Å². The fraction of sp³-hybridized carbons (Fsp3) is 0.571. The lowest BCUT2D eigenvalue weighted by Gasteiger charge is -2.65. The fourth-order valence-electron chi connectivity index (χ4n) is 8.97. The lowest BCUT2D eigenvalue weighted by atomic mass is 9.36. The molecule has 0 heterocycles. The van der Waals surface area contributed by atoms with Gasteiger partial charge in [-0.1, -0.05) is 66.0 Å². The van der Waals surface area contributed by atoms with E-state index in [1.54, 1.807) is 32.9 Å². The van der Waals surface area contributed by atoms with E-state index < -0.39 is 86.7 Å². The molecule has 1 saturated carbocycles. The minimum atomic E-state index is -2.88. The van der Waals surface area contributed by atoms with E-state index in [1.165, 1.54) is 19.9 Å². The molecular formula is C35H44O9. The first kappa shape index (κ1) is 33.3. The number of benzene rings is 1. The van der Waals surface area contributed by atoms with Crippen molar-refractivity contribution in [3.05, 3.63) is 46.2 Å². The molecule has 0 radical (unpaired) electrons. The third kappa shape index (κ3) is 4.41. The molecule has 3 aliphatic rings. The van der Waals surface area contributed by atoms with Crippen molar-refractivity contribution in [2.24, 2.45) is 28.6 Å². The van der Waals surface area contributed by atoms with Gasteiger partial charge in [-0.05, 0) is 49.7 Å². The molecule has 0 aromatic heterocycles. The Morgan fingerprint density at radius 1 is 1.00 bits per heavy atom. The van der Waals surface area contributed by atoms with E-state index in [4.69, 9.17) is 0 Å². The van der Waals surface area contributed by atoms with E-state index in [0.717, 1.165) is 19.8 Å². The summed E-state index contributed by atoms with van der Waals surface area (Å²) in [7, 11) is 0. The fourth-order valence-corrected chi connectivity index (χ4v) is 8.97. The van der Waals surface area contributed by atoms with E-state index in [9.17, 15) is 44.4 Å². The highest BCUT2D eigenvalue weighted by molar-refractivity contribution is 6.24. The van der Waals surface area contributed by atoms with Crippen LogP contribution in [0.4, 0.5) is 0 Å². The Balaban J connectivity index is 2.21. The SMILES string of the molecule is CCCCCC1c2cccc(O)c2C(O)=C2C(=O)[C@@]3(O)C(O)=C(C(C)=O)C(=O)C(C(C)C)[C@@]3(C)[C@H](CC(=O)CC(C)=O)[C@]21C. The number of hydrogen-bond donors (Lipinski definition) is 4. The van der Waals surface area contributed by atoms with Gasteiger partial charge < -0.3 is 20.4 Å². The minimum Gasteiger partial charge on any atom is -0.508 e. The Morgan fingerprint density at radius 3 is 2.18 bits per heavy atom. The van der Waals surface area contributed by atoms with Crippen LogP contribution in [0.15, 0.2) is 35.1 Å². The van der Waals surface area contributed by atoms with Crippen LogP contribution >= 0.6 is 0 Å². The van der Waals surface area contributed by atoms with Crippen LogP contribution in [0.3, 0.4) is 0 Å². The molecule has 0 saturated heterocycles. The molecule has 0 spiro atoms. The van der Waals surface area contributed by atoms with Gasteiger partial charge in [-0.2, -0.15) is 0 Å². The zero-order valence-corrected chi connectivity index (χ0v) is 26.6. The highest BCUT2D eigenvalue weighted by Crippen LogP contribution is 2.71. The molecule has 1 aromatic carbocycles. The number of carbonyl (C=O) groups excluding carboxylic acids is 5. The number of phenolic OH excluding ortho intramolecular Hbond substituents is 1. The average molecular weight is 609 g/mol. The van der Waals surface area contributed by atoms with Gasteiger partial charge >= 0.3 is 0 Å². The zero-order valence-electron chi connectivity index (χ0n) is 26.6. The van der Waals surface area contributed by atoms with Crippen molar-refractivity contribution in [3.8, 4) is 5.75 Å². The zero-order chi connectivity index (χ0) is 33.1. The molecule has 4 rings (SSSR count). The number of aliphatic hydroxyl groups is 3. The first-order valence-electron chi connectivity index (χ1n) is 15.5. The second-order valence-corrected chi connectivity index (χ2v) is 13.7.